The van der Waals surface area contributed by atoms with Crippen LogP contribution < -0.4 is 0 Å². The summed E-state index contributed by atoms with van der Waals surface area (Å²) >= 11 is 0. The van der Waals surface area contributed by atoms with Gasteiger partial charge in [-0.15, -0.1) is 0 Å². The largest absolute Gasteiger partial charge is 0.457 e. The number of hydrogen-bond acceptors (Lipinski definition) is 2. The van der Waals surface area contributed by atoms with Gasteiger partial charge in [-0.3, -0.25) is 0 Å². The molecule has 0 spiro atoms. The summed E-state index contributed by atoms with van der Waals surface area (Å²) in [5.41, 5.74) is 0. The maximum Gasteiger partial charge on any atom is 0.250 e. The molecule has 0 amide bonds. The van der Waals surface area contributed by atoms with E-state index in [4.69, 9.17) is 9.47 Å². The van der Waals surface area contributed by atoms with Crippen LogP contribution in [0.3, 0.4) is 0 Å². The molecule has 0 aromatic carbocycles. The summed E-state index contributed by atoms with van der Waals surface area (Å²) in [6.45, 7) is 4.74. The number of hydrogen-bond donors (Lipinski definition) is 0. The summed E-state index contributed by atoms with van der Waals surface area (Å²) in [6, 6.07) is 0. The van der Waals surface area contributed by atoms with Gasteiger partial charge in [-0.2, -0.15) is 0 Å². The highest BCUT2D eigenvalue weighted by Crippen LogP contribution is 2.61. The predicted molar refractivity (Wildman–Crippen MR) is 94.9 cm³/mol. The highest BCUT2D eigenvalue weighted by atomic mass is 16.7. The van der Waals surface area contributed by atoms with Gasteiger partial charge >= 0.3 is 0 Å². The third-order valence-corrected chi connectivity index (χ3v) is 8.95. The molecular weight excluding hydrogens is 296 g/mol. The molecule has 0 bridgehead atoms. The van der Waals surface area contributed by atoms with E-state index >= 15 is 0 Å². The second-order valence-electron chi connectivity index (χ2n) is 9.76. The van der Waals surface area contributed by atoms with Crippen molar-refractivity contribution < 1.29 is 9.47 Å². The fraction of sp³-hybridized carbons (Fsp3) is 0.909. The lowest BCUT2D eigenvalue weighted by Crippen LogP contribution is -2.48. The lowest BCUT2D eigenvalue weighted by atomic mass is 9.51. The molecule has 134 valence electrons. The predicted octanol–water partition coefficient (Wildman–Crippen LogP) is 5.74. The van der Waals surface area contributed by atoms with Crippen LogP contribution in [0.15, 0.2) is 12.5 Å². The molecule has 0 aromatic rings. The van der Waals surface area contributed by atoms with Crippen molar-refractivity contribution >= 4 is 0 Å². The van der Waals surface area contributed by atoms with Crippen LogP contribution in [-0.2, 0) is 9.47 Å². The molecule has 4 aliphatic carbocycles. The SMILES string of the molecule is CC1CCCC2CCC3C4CCC(C5(C)OC=CO5)C4CCC3C12. The van der Waals surface area contributed by atoms with Crippen molar-refractivity contribution in [3.05, 3.63) is 12.5 Å². The van der Waals surface area contributed by atoms with Gasteiger partial charge in [0, 0.05) is 12.8 Å². The molecule has 0 aromatic heterocycles. The Bertz CT molecular complexity index is 504. The van der Waals surface area contributed by atoms with Gasteiger partial charge in [0.1, 0.15) is 12.5 Å². The van der Waals surface area contributed by atoms with Gasteiger partial charge in [-0.1, -0.05) is 26.2 Å². The Kier molecular flexibility index (Phi) is 3.68. The summed E-state index contributed by atoms with van der Waals surface area (Å²) in [5.74, 6) is 7.15. The van der Waals surface area contributed by atoms with E-state index in [2.05, 4.69) is 13.8 Å². The first-order chi connectivity index (χ1) is 11.7. The first kappa shape index (κ1) is 15.6. The Labute approximate surface area is 147 Å². The third-order valence-electron chi connectivity index (χ3n) is 8.95. The smallest absolute Gasteiger partial charge is 0.250 e. The van der Waals surface area contributed by atoms with Gasteiger partial charge < -0.3 is 9.47 Å². The normalized spacial score (nSPS) is 51.9. The minimum Gasteiger partial charge on any atom is -0.457 e. The Morgan fingerprint density at radius 2 is 1.42 bits per heavy atom. The molecule has 1 heterocycles. The van der Waals surface area contributed by atoms with Crippen molar-refractivity contribution in [2.24, 2.45) is 47.3 Å². The minimum absolute atomic E-state index is 0.373. The van der Waals surface area contributed by atoms with Crippen molar-refractivity contribution in [2.75, 3.05) is 0 Å². The van der Waals surface area contributed by atoms with E-state index < -0.39 is 0 Å². The number of ether oxygens (including phenoxy) is 2. The molecule has 4 saturated carbocycles. The van der Waals surface area contributed by atoms with Crippen LogP contribution in [0.1, 0.15) is 71.6 Å². The molecule has 0 N–H and O–H groups in total. The molecule has 5 rings (SSSR count). The maximum absolute atomic E-state index is 5.91. The first-order valence-corrected chi connectivity index (χ1v) is 10.7. The fourth-order valence-electron chi connectivity index (χ4n) is 8.11. The van der Waals surface area contributed by atoms with Crippen LogP contribution in [0.25, 0.3) is 0 Å². The number of fused-ring (bicyclic) bond motifs is 5. The second kappa shape index (κ2) is 5.68. The summed E-state index contributed by atoms with van der Waals surface area (Å²) in [5, 5.41) is 0. The summed E-state index contributed by atoms with van der Waals surface area (Å²) in [7, 11) is 0. The Morgan fingerprint density at radius 1 is 0.750 bits per heavy atom. The summed E-state index contributed by atoms with van der Waals surface area (Å²) in [4.78, 5) is 0. The Balaban J connectivity index is 1.36. The zero-order valence-corrected chi connectivity index (χ0v) is 15.5. The maximum atomic E-state index is 5.91. The van der Waals surface area contributed by atoms with Crippen LogP contribution >= 0.6 is 0 Å². The second-order valence-corrected chi connectivity index (χ2v) is 9.76. The quantitative estimate of drug-likeness (QED) is 0.611. The molecule has 0 saturated heterocycles. The van der Waals surface area contributed by atoms with E-state index in [1.54, 1.807) is 12.5 Å². The molecule has 0 radical (unpaired) electrons. The van der Waals surface area contributed by atoms with Gasteiger partial charge in [-0.05, 0) is 80.0 Å². The van der Waals surface area contributed by atoms with Crippen molar-refractivity contribution in [2.45, 2.75) is 77.4 Å². The summed E-state index contributed by atoms with van der Waals surface area (Å²) < 4.78 is 11.8. The zero-order valence-electron chi connectivity index (χ0n) is 15.5. The van der Waals surface area contributed by atoms with Crippen molar-refractivity contribution in [1.29, 1.82) is 0 Å². The Morgan fingerprint density at radius 3 is 2.25 bits per heavy atom. The first-order valence-electron chi connectivity index (χ1n) is 10.7. The van der Waals surface area contributed by atoms with E-state index in [-0.39, 0.29) is 5.79 Å². The average molecular weight is 331 g/mol. The zero-order chi connectivity index (χ0) is 16.3. The molecule has 2 nitrogen and oxygen atoms in total. The van der Waals surface area contributed by atoms with E-state index in [0.717, 1.165) is 41.4 Å². The van der Waals surface area contributed by atoms with Gasteiger partial charge in [0.2, 0.25) is 5.79 Å². The van der Waals surface area contributed by atoms with E-state index in [1.807, 2.05) is 0 Å². The standard InChI is InChI=1S/C22H34O2/c1-14-4-3-5-15-6-7-17-16-10-11-20(22(2)23-12-13-24-22)18(16)8-9-19(17)21(14)15/h12-21H,3-11H2,1-2H3. The van der Waals surface area contributed by atoms with Crippen LogP contribution in [0.2, 0.25) is 0 Å². The summed E-state index contributed by atoms with van der Waals surface area (Å²) in [6.07, 6.45) is 16.7. The molecule has 8 atom stereocenters. The highest BCUT2D eigenvalue weighted by molar-refractivity contribution is 5.04. The fourth-order valence-corrected chi connectivity index (χ4v) is 8.11. The van der Waals surface area contributed by atoms with E-state index in [1.165, 1.54) is 57.8 Å². The number of rotatable bonds is 1. The minimum atomic E-state index is -0.373. The topological polar surface area (TPSA) is 18.5 Å². The van der Waals surface area contributed by atoms with Gasteiger partial charge in [-0.25, -0.2) is 0 Å². The van der Waals surface area contributed by atoms with Crippen LogP contribution in [0.4, 0.5) is 0 Å². The molecule has 4 fully saturated rings. The lowest BCUT2D eigenvalue weighted by molar-refractivity contribution is -0.183. The molecule has 1 aliphatic heterocycles. The van der Waals surface area contributed by atoms with Gasteiger partial charge in [0.15, 0.2) is 0 Å². The molecule has 5 aliphatic rings. The molecular formula is C22H34O2. The van der Waals surface area contributed by atoms with Crippen molar-refractivity contribution in [3.8, 4) is 0 Å². The van der Waals surface area contributed by atoms with Gasteiger partial charge in [0.05, 0.1) is 0 Å². The van der Waals surface area contributed by atoms with Crippen molar-refractivity contribution in [1.82, 2.24) is 0 Å². The average Bonchev–Trinajstić information content (AvgIpc) is 3.21. The lowest BCUT2D eigenvalue weighted by Gasteiger charge is -2.54. The van der Waals surface area contributed by atoms with Gasteiger partial charge in [0.25, 0.3) is 0 Å². The molecule has 8 unspecified atom stereocenters. The third kappa shape index (κ3) is 2.20. The van der Waals surface area contributed by atoms with Crippen LogP contribution in [0, 0.1) is 47.3 Å². The Hall–Kier alpha value is -0.660. The van der Waals surface area contributed by atoms with Crippen LogP contribution in [0.5, 0.6) is 0 Å². The van der Waals surface area contributed by atoms with Crippen molar-refractivity contribution in [3.63, 3.8) is 0 Å². The monoisotopic (exact) mass is 330 g/mol. The van der Waals surface area contributed by atoms with Crippen LogP contribution in [-0.4, -0.2) is 5.79 Å². The highest BCUT2D eigenvalue weighted by Gasteiger charge is 2.57. The van der Waals surface area contributed by atoms with E-state index in [0.29, 0.717) is 5.92 Å². The molecule has 24 heavy (non-hydrogen) atoms. The van der Waals surface area contributed by atoms with E-state index in [9.17, 15) is 0 Å². The molecule has 2 heteroatoms.